The number of aromatic nitrogens is 1. The van der Waals surface area contributed by atoms with Gasteiger partial charge in [-0.15, -0.1) is 0 Å². The first-order valence-corrected chi connectivity index (χ1v) is 6.46. The van der Waals surface area contributed by atoms with Crippen LogP contribution >= 0.6 is 0 Å². The van der Waals surface area contributed by atoms with E-state index in [0.717, 1.165) is 11.5 Å². The molecule has 5 nitrogen and oxygen atoms in total. The SMILES string of the molecule is Cc1ccc(CN(C)C(=O)c2ccc(C#CCO)cn2)o1. The van der Waals surface area contributed by atoms with Crippen LogP contribution in [0.1, 0.15) is 27.6 Å². The van der Waals surface area contributed by atoms with Crippen LogP contribution in [0.25, 0.3) is 0 Å². The molecule has 2 rings (SSSR count). The maximum absolute atomic E-state index is 12.2. The number of hydrogen-bond acceptors (Lipinski definition) is 4. The van der Waals surface area contributed by atoms with E-state index in [1.165, 1.54) is 6.20 Å². The van der Waals surface area contributed by atoms with Gasteiger partial charge in [-0.1, -0.05) is 11.8 Å². The molecule has 1 N–H and O–H groups in total. The number of hydrogen-bond donors (Lipinski definition) is 1. The van der Waals surface area contributed by atoms with Crippen LogP contribution in [-0.2, 0) is 6.54 Å². The highest BCUT2D eigenvalue weighted by Gasteiger charge is 2.14. The lowest BCUT2D eigenvalue weighted by atomic mass is 10.2. The molecule has 0 aliphatic heterocycles. The molecule has 0 saturated carbocycles. The smallest absolute Gasteiger partial charge is 0.272 e. The van der Waals surface area contributed by atoms with Crippen LogP contribution in [-0.4, -0.2) is 34.6 Å². The molecule has 21 heavy (non-hydrogen) atoms. The van der Waals surface area contributed by atoms with Crippen molar-refractivity contribution in [1.29, 1.82) is 0 Å². The van der Waals surface area contributed by atoms with Crippen LogP contribution in [0.2, 0.25) is 0 Å². The van der Waals surface area contributed by atoms with Gasteiger partial charge in [0.05, 0.1) is 6.54 Å². The summed E-state index contributed by atoms with van der Waals surface area (Å²) in [4.78, 5) is 17.9. The quantitative estimate of drug-likeness (QED) is 0.869. The summed E-state index contributed by atoms with van der Waals surface area (Å²) in [6, 6.07) is 7.03. The molecule has 5 heteroatoms. The van der Waals surface area contributed by atoms with Crippen LogP contribution in [0.3, 0.4) is 0 Å². The minimum Gasteiger partial charge on any atom is -0.464 e. The molecular weight excluding hydrogens is 268 g/mol. The summed E-state index contributed by atoms with van der Waals surface area (Å²) >= 11 is 0. The third kappa shape index (κ3) is 3.94. The average Bonchev–Trinajstić information content (AvgIpc) is 2.90. The number of aryl methyl sites for hydroxylation is 1. The van der Waals surface area contributed by atoms with E-state index in [1.807, 2.05) is 19.1 Å². The Bertz CT molecular complexity index is 678. The molecule has 0 fully saturated rings. The van der Waals surface area contributed by atoms with Crippen LogP contribution in [0.4, 0.5) is 0 Å². The molecule has 2 aromatic rings. The Kier molecular flexibility index (Phi) is 4.75. The topological polar surface area (TPSA) is 66.6 Å². The molecule has 0 atom stereocenters. The highest BCUT2D eigenvalue weighted by Crippen LogP contribution is 2.10. The average molecular weight is 284 g/mol. The van der Waals surface area contributed by atoms with Crippen LogP contribution in [0.15, 0.2) is 34.9 Å². The summed E-state index contributed by atoms with van der Waals surface area (Å²) in [6.07, 6.45) is 1.51. The van der Waals surface area contributed by atoms with Gasteiger partial charge in [-0.05, 0) is 31.2 Å². The number of aliphatic hydroxyl groups excluding tert-OH is 1. The molecule has 0 aliphatic rings. The maximum atomic E-state index is 12.2. The van der Waals surface area contributed by atoms with Gasteiger partial charge in [0, 0.05) is 18.8 Å². The molecule has 2 heterocycles. The van der Waals surface area contributed by atoms with Crippen molar-refractivity contribution in [3.05, 3.63) is 53.2 Å². The van der Waals surface area contributed by atoms with Crippen LogP contribution in [0, 0.1) is 18.8 Å². The molecule has 0 spiro atoms. The Labute approximate surface area is 123 Å². The first kappa shape index (κ1) is 14.8. The lowest BCUT2D eigenvalue weighted by Crippen LogP contribution is -2.26. The highest BCUT2D eigenvalue weighted by atomic mass is 16.3. The zero-order valence-electron chi connectivity index (χ0n) is 12.0. The fraction of sp³-hybridized carbons (Fsp3) is 0.250. The molecule has 0 radical (unpaired) electrons. The summed E-state index contributed by atoms with van der Waals surface area (Å²) in [6.45, 7) is 2.05. The van der Waals surface area contributed by atoms with Gasteiger partial charge in [0.25, 0.3) is 5.91 Å². The summed E-state index contributed by atoms with van der Waals surface area (Å²) in [7, 11) is 1.70. The Morgan fingerprint density at radius 2 is 2.19 bits per heavy atom. The van der Waals surface area contributed by atoms with Crippen molar-refractivity contribution in [2.45, 2.75) is 13.5 Å². The maximum Gasteiger partial charge on any atom is 0.272 e. The molecule has 0 aromatic carbocycles. The number of carbonyl (C=O) groups excluding carboxylic acids is 1. The molecule has 0 bridgehead atoms. The van der Waals surface area contributed by atoms with E-state index in [1.54, 1.807) is 24.1 Å². The Morgan fingerprint density at radius 1 is 1.38 bits per heavy atom. The number of pyridine rings is 1. The van der Waals surface area contributed by atoms with Gasteiger partial charge in [-0.3, -0.25) is 4.79 Å². The summed E-state index contributed by atoms with van der Waals surface area (Å²) < 4.78 is 5.45. The lowest BCUT2D eigenvalue weighted by molar-refractivity contribution is 0.0769. The van der Waals surface area contributed by atoms with E-state index in [4.69, 9.17) is 9.52 Å². The third-order valence-corrected chi connectivity index (χ3v) is 2.83. The van der Waals surface area contributed by atoms with E-state index in [-0.39, 0.29) is 12.5 Å². The van der Waals surface area contributed by atoms with Crippen LogP contribution in [0.5, 0.6) is 0 Å². The molecule has 108 valence electrons. The van der Waals surface area contributed by atoms with Crippen molar-refractivity contribution in [2.24, 2.45) is 0 Å². The Balaban J connectivity index is 2.05. The Hall–Kier alpha value is -2.58. The number of aliphatic hydroxyl groups is 1. The molecule has 0 unspecified atom stereocenters. The summed E-state index contributed by atoms with van der Waals surface area (Å²) in [5.41, 5.74) is 1.00. The van der Waals surface area contributed by atoms with Crippen molar-refractivity contribution < 1.29 is 14.3 Å². The first-order chi connectivity index (χ1) is 10.1. The second-order valence-corrected chi connectivity index (χ2v) is 4.57. The molecule has 0 saturated heterocycles. The van der Waals surface area contributed by atoms with E-state index in [9.17, 15) is 4.79 Å². The number of rotatable bonds is 3. The predicted octanol–water partition coefficient (Wildman–Crippen LogP) is 1.60. The predicted molar refractivity (Wildman–Crippen MR) is 77.4 cm³/mol. The molecule has 2 aromatic heterocycles. The normalized spacial score (nSPS) is 9.86. The van der Waals surface area contributed by atoms with Gasteiger partial charge in [0.15, 0.2) is 0 Å². The molecule has 0 aliphatic carbocycles. The van der Waals surface area contributed by atoms with Gasteiger partial charge in [-0.25, -0.2) is 4.98 Å². The van der Waals surface area contributed by atoms with E-state index < -0.39 is 0 Å². The van der Waals surface area contributed by atoms with Crippen molar-refractivity contribution in [3.63, 3.8) is 0 Å². The monoisotopic (exact) mass is 284 g/mol. The van der Waals surface area contributed by atoms with E-state index in [2.05, 4.69) is 16.8 Å². The zero-order valence-corrected chi connectivity index (χ0v) is 12.0. The van der Waals surface area contributed by atoms with E-state index >= 15 is 0 Å². The standard InChI is InChI=1S/C16H16N2O3/c1-12-5-7-14(21-12)11-18(2)16(20)15-8-6-13(10-17-15)4-3-9-19/h5-8,10,19H,9,11H2,1-2H3. The van der Waals surface area contributed by atoms with Gasteiger partial charge < -0.3 is 14.4 Å². The lowest BCUT2D eigenvalue weighted by Gasteiger charge is -2.15. The second-order valence-electron chi connectivity index (χ2n) is 4.57. The highest BCUT2D eigenvalue weighted by molar-refractivity contribution is 5.92. The summed E-state index contributed by atoms with van der Waals surface area (Å²) in [5.74, 6) is 6.62. The minimum atomic E-state index is -0.202. The fourth-order valence-corrected chi connectivity index (χ4v) is 1.81. The van der Waals surface area contributed by atoms with Crippen molar-refractivity contribution in [1.82, 2.24) is 9.88 Å². The number of nitrogens with zero attached hydrogens (tertiary/aromatic N) is 2. The van der Waals surface area contributed by atoms with Crippen molar-refractivity contribution in [2.75, 3.05) is 13.7 Å². The summed E-state index contributed by atoms with van der Waals surface area (Å²) in [5, 5.41) is 8.62. The Morgan fingerprint density at radius 3 is 2.76 bits per heavy atom. The third-order valence-electron chi connectivity index (χ3n) is 2.83. The van der Waals surface area contributed by atoms with Crippen LogP contribution < -0.4 is 0 Å². The van der Waals surface area contributed by atoms with Crippen molar-refractivity contribution >= 4 is 5.91 Å². The number of amides is 1. The fourth-order valence-electron chi connectivity index (χ4n) is 1.81. The van der Waals surface area contributed by atoms with Gasteiger partial charge in [-0.2, -0.15) is 0 Å². The van der Waals surface area contributed by atoms with Gasteiger partial charge in [0.1, 0.15) is 23.8 Å². The number of carbonyl (C=O) groups is 1. The van der Waals surface area contributed by atoms with Gasteiger partial charge >= 0.3 is 0 Å². The second kappa shape index (κ2) is 6.73. The first-order valence-electron chi connectivity index (χ1n) is 6.46. The molecule has 1 amide bonds. The van der Waals surface area contributed by atoms with E-state index in [0.29, 0.717) is 17.8 Å². The largest absolute Gasteiger partial charge is 0.464 e. The molecular formula is C16H16N2O3. The number of furan rings is 1. The minimum absolute atomic E-state index is 0.189. The zero-order chi connectivity index (χ0) is 15.2. The van der Waals surface area contributed by atoms with Gasteiger partial charge in [0.2, 0.25) is 0 Å². The van der Waals surface area contributed by atoms with Crippen molar-refractivity contribution in [3.8, 4) is 11.8 Å².